The summed E-state index contributed by atoms with van der Waals surface area (Å²) in [6.07, 6.45) is 1.85. The molecule has 0 aliphatic carbocycles. The Kier molecular flexibility index (Phi) is 3.55. The van der Waals surface area contributed by atoms with Crippen LogP contribution in [0.1, 0.15) is 0 Å². The predicted molar refractivity (Wildman–Crippen MR) is 133 cm³/mol. The van der Waals surface area contributed by atoms with Crippen molar-refractivity contribution >= 4 is 43.6 Å². The van der Waals surface area contributed by atoms with Crippen LogP contribution in [0.4, 0.5) is 0 Å². The monoisotopic (exact) mass is 409 g/mol. The van der Waals surface area contributed by atoms with E-state index < -0.39 is 0 Å². The molecule has 3 heterocycles. The molecule has 3 aromatic heterocycles. The van der Waals surface area contributed by atoms with Crippen LogP contribution in [0.5, 0.6) is 0 Å². The van der Waals surface area contributed by atoms with Gasteiger partial charge in [-0.3, -0.25) is 4.57 Å². The van der Waals surface area contributed by atoms with Crippen molar-refractivity contribution in [1.29, 1.82) is 0 Å². The molecule has 0 aliphatic rings. The average molecular weight is 409 g/mol. The molecular formula is C29H19N3. The van der Waals surface area contributed by atoms with E-state index in [9.17, 15) is 0 Å². The van der Waals surface area contributed by atoms with Crippen LogP contribution in [-0.2, 0) is 0 Å². The Morgan fingerprint density at radius 1 is 0.438 bits per heavy atom. The van der Waals surface area contributed by atoms with E-state index in [4.69, 9.17) is 0 Å². The van der Waals surface area contributed by atoms with Crippen molar-refractivity contribution in [2.24, 2.45) is 0 Å². The molecule has 150 valence electrons. The molecule has 3 heteroatoms. The van der Waals surface area contributed by atoms with Crippen LogP contribution in [-0.4, -0.2) is 14.1 Å². The summed E-state index contributed by atoms with van der Waals surface area (Å²) in [6.45, 7) is 0. The molecule has 0 saturated heterocycles. The summed E-state index contributed by atoms with van der Waals surface area (Å²) in [7, 11) is 0. The van der Waals surface area contributed by atoms with Gasteiger partial charge in [0.05, 0.1) is 22.1 Å². The smallest absolute Gasteiger partial charge is 0.137 e. The highest BCUT2D eigenvalue weighted by Gasteiger charge is 2.16. The van der Waals surface area contributed by atoms with Crippen molar-refractivity contribution in [3.63, 3.8) is 0 Å². The predicted octanol–water partition coefficient (Wildman–Crippen LogP) is 7.28. The minimum atomic E-state index is 0.929. The summed E-state index contributed by atoms with van der Waals surface area (Å²) in [5.74, 6) is 0.929. The zero-order valence-corrected chi connectivity index (χ0v) is 17.3. The molecule has 0 spiro atoms. The van der Waals surface area contributed by atoms with Gasteiger partial charge in [-0.1, -0.05) is 66.7 Å². The number of pyridine rings is 1. The standard InChI is InChI=1S/C29H19N3/c1-4-12-25-21(9-1)22-10-2-5-13-26(22)31(25)20-16-17-24-23-11-3-6-14-27(23)32(28(24)19-20)29-15-7-8-18-30-29/h1-19H. The number of para-hydroxylation sites is 3. The number of rotatable bonds is 2. The van der Waals surface area contributed by atoms with Crippen LogP contribution in [0.2, 0.25) is 0 Å². The van der Waals surface area contributed by atoms with Crippen molar-refractivity contribution in [2.45, 2.75) is 0 Å². The molecule has 0 atom stereocenters. The normalized spacial score (nSPS) is 11.8. The van der Waals surface area contributed by atoms with E-state index in [1.807, 2.05) is 18.3 Å². The largest absolute Gasteiger partial charge is 0.309 e. The fraction of sp³-hybridized carbons (Fsp3) is 0. The van der Waals surface area contributed by atoms with Crippen molar-refractivity contribution < 1.29 is 0 Å². The molecule has 0 unspecified atom stereocenters. The second-order valence-electron chi connectivity index (χ2n) is 8.11. The molecule has 0 aliphatic heterocycles. The molecule has 0 fully saturated rings. The lowest BCUT2D eigenvalue weighted by molar-refractivity contribution is 1.08. The third-order valence-electron chi connectivity index (χ3n) is 6.37. The van der Waals surface area contributed by atoms with Gasteiger partial charge in [-0.15, -0.1) is 0 Å². The fourth-order valence-corrected chi connectivity index (χ4v) is 5.03. The van der Waals surface area contributed by atoms with E-state index in [2.05, 4.69) is 111 Å². The first-order chi connectivity index (χ1) is 15.9. The van der Waals surface area contributed by atoms with E-state index in [-0.39, 0.29) is 0 Å². The van der Waals surface area contributed by atoms with Gasteiger partial charge in [0.15, 0.2) is 0 Å². The molecule has 0 N–H and O–H groups in total. The maximum Gasteiger partial charge on any atom is 0.137 e. The van der Waals surface area contributed by atoms with Crippen molar-refractivity contribution in [3.8, 4) is 11.5 Å². The number of nitrogens with zero attached hydrogens (tertiary/aromatic N) is 3. The minimum Gasteiger partial charge on any atom is -0.309 e. The summed E-state index contributed by atoms with van der Waals surface area (Å²) in [5.41, 5.74) is 5.90. The zero-order valence-electron chi connectivity index (χ0n) is 17.3. The average Bonchev–Trinajstić information content (AvgIpc) is 3.37. The third kappa shape index (κ3) is 2.33. The Balaban J connectivity index is 1.62. The first kappa shape index (κ1) is 17.3. The van der Waals surface area contributed by atoms with Crippen LogP contribution >= 0.6 is 0 Å². The highest BCUT2D eigenvalue weighted by atomic mass is 15.1. The van der Waals surface area contributed by atoms with E-state index in [1.54, 1.807) is 0 Å². The van der Waals surface area contributed by atoms with Crippen molar-refractivity contribution in [2.75, 3.05) is 0 Å². The lowest BCUT2D eigenvalue weighted by atomic mass is 10.1. The summed E-state index contributed by atoms with van der Waals surface area (Å²) < 4.78 is 4.63. The van der Waals surface area contributed by atoms with Crippen LogP contribution < -0.4 is 0 Å². The molecule has 0 bridgehead atoms. The molecule has 0 amide bonds. The van der Waals surface area contributed by atoms with Crippen LogP contribution in [0.3, 0.4) is 0 Å². The van der Waals surface area contributed by atoms with Crippen LogP contribution in [0, 0.1) is 0 Å². The van der Waals surface area contributed by atoms with Gasteiger partial charge in [-0.05, 0) is 42.5 Å². The highest BCUT2D eigenvalue weighted by molar-refractivity contribution is 6.11. The topological polar surface area (TPSA) is 22.8 Å². The first-order valence-corrected chi connectivity index (χ1v) is 10.8. The fourth-order valence-electron chi connectivity index (χ4n) is 5.03. The SMILES string of the molecule is c1ccc(-n2c3ccccc3c3ccc(-n4c5ccccc5c5ccccc54)cc32)nc1. The molecule has 7 rings (SSSR count). The Labute approximate surface area is 184 Å². The highest BCUT2D eigenvalue weighted by Crippen LogP contribution is 2.36. The number of benzene rings is 4. The maximum atomic E-state index is 4.67. The second kappa shape index (κ2) is 6.56. The van der Waals surface area contributed by atoms with Gasteiger partial charge in [-0.25, -0.2) is 4.98 Å². The molecule has 3 nitrogen and oxygen atoms in total. The molecule has 7 aromatic rings. The lowest BCUT2D eigenvalue weighted by Crippen LogP contribution is -1.98. The van der Waals surface area contributed by atoms with Gasteiger partial charge in [0.25, 0.3) is 0 Å². The van der Waals surface area contributed by atoms with Gasteiger partial charge in [0.1, 0.15) is 5.82 Å². The van der Waals surface area contributed by atoms with Crippen LogP contribution in [0.25, 0.3) is 55.1 Å². The Morgan fingerprint density at radius 3 is 1.56 bits per heavy atom. The third-order valence-corrected chi connectivity index (χ3v) is 6.37. The molecule has 0 radical (unpaired) electrons. The summed E-state index contributed by atoms with van der Waals surface area (Å²) in [4.78, 5) is 4.67. The van der Waals surface area contributed by atoms with E-state index >= 15 is 0 Å². The lowest BCUT2D eigenvalue weighted by Gasteiger charge is -2.10. The Hall–Kier alpha value is -4.37. The van der Waals surface area contributed by atoms with E-state index in [0.29, 0.717) is 0 Å². The molecular weight excluding hydrogens is 390 g/mol. The number of hydrogen-bond donors (Lipinski definition) is 0. The molecule has 32 heavy (non-hydrogen) atoms. The van der Waals surface area contributed by atoms with Gasteiger partial charge < -0.3 is 4.57 Å². The van der Waals surface area contributed by atoms with Crippen molar-refractivity contribution in [3.05, 3.63) is 115 Å². The maximum absolute atomic E-state index is 4.67. The van der Waals surface area contributed by atoms with E-state index in [0.717, 1.165) is 17.0 Å². The summed E-state index contributed by atoms with van der Waals surface area (Å²) in [6, 6.07) is 38.7. The number of fused-ring (bicyclic) bond motifs is 6. The van der Waals surface area contributed by atoms with Crippen molar-refractivity contribution in [1.82, 2.24) is 14.1 Å². The quantitative estimate of drug-likeness (QED) is 0.294. The Bertz CT molecular complexity index is 1720. The molecule has 0 saturated carbocycles. The summed E-state index contributed by atoms with van der Waals surface area (Å²) >= 11 is 0. The van der Waals surface area contributed by atoms with E-state index in [1.165, 1.54) is 38.1 Å². The number of hydrogen-bond acceptors (Lipinski definition) is 1. The minimum absolute atomic E-state index is 0.929. The number of aromatic nitrogens is 3. The summed E-state index contributed by atoms with van der Waals surface area (Å²) in [5, 5.41) is 5.01. The zero-order chi connectivity index (χ0) is 21.1. The van der Waals surface area contributed by atoms with Gasteiger partial charge in [0.2, 0.25) is 0 Å². The Morgan fingerprint density at radius 2 is 0.969 bits per heavy atom. The van der Waals surface area contributed by atoms with Gasteiger partial charge in [0, 0.05) is 33.4 Å². The first-order valence-electron chi connectivity index (χ1n) is 10.8. The van der Waals surface area contributed by atoms with Gasteiger partial charge in [-0.2, -0.15) is 0 Å². The second-order valence-corrected chi connectivity index (χ2v) is 8.11. The van der Waals surface area contributed by atoms with Crippen LogP contribution in [0.15, 0.2) is 115 Å². The molecule has 4 aromatic carbocycles. The van der Waals surface area contributed by atoms with Gasteiger partial charge >= 0.3 is 0 Å².